The van der Waals surface area contributed by atoms with E-state index in [4.69, 9.17) is 9.84 Å². The summed E-state index contributed by atoms with van der Waals surface area (Å²) in [6.45, 7) is 2.44. The van der Waals surface area contributed by atoms with Crippen molar-refractivity contribution in [3.05, 3.63) is 48.0 Å². The summed E-state index contributed by atoms with van der Waals surface area (Å²) in [7, 11) is 0. The highest BCUT2D eigenvalue weighted by Crippen LogP contribution is 2.44. The normalized spacial score (nSPS) is 25.8. The third-order valence-electron chi connectivity index (χ3n) is 5.76. The summed E-state index contributed by atoms with van der Waals surface area (Å²) < 4.78 is 6.11. The van der Waals surface area contributed by atoms with Crippen molar-refractivity contribution in [2.45, 2.75) is 57.7 Å². The molecule has 2 aliphatic heterocycles. The molecule has 1 aromatic carbocycles. The van der Waals surface area contributed by atoms with Crippen LogP contribution < -0.4 is 0 Å². The monoisotopic (exact) mass is 398 g/mol. The molecular weight excluding hydrogens is 368 g/mol. The summed E-state index contributed by atoms with van der Waals surface area (Å²) in [5.74, 6) is -0.279. The molecule has 6 heteroatoms. The number of amides is 1. The van der Waals surface area contributed by atoms with Crippen LogP contribution in [0.15, 0.2) is 47.6 Å². The Balaban J connectivity index is 1.59. The van der Waals surface area contributed by atoms with Crippen LogP contribution in [0.1, 0.15) is 55.8 Å². The average Bonchev–Trinajstić information content (AvgIpc) is 3.33. The second-order valence-corrected chi connectivity index (χ2v) is 7.68. The number of carbonyl (C=O) groups excluding carboxylic acids is 1. The Kier molecular flexibility index (Phi) is 7.58. The van der Waals surface area contributed by atoms with Crippen LogP contribution in [-0.2, 0) is 9.53 Å². The van der Waals surface area contributed by atoms with Crippen molar-refractivity contribution in [1.29, 1.82) is 0 Å². The number of hydrogen-bond acceptors (Lipinski definition) is 4. The van der Waals surface area contributed by atoms with Crippen LogP contribution in [0.25, 0.3) is 0 Å². The number of carbonyl (C=O) groups is 2. The molecule has 4 atom stereocenters. The van der Waals surface area contributed by atoms with Gasteiger partial charge in [-0.2, -0.15) is 5.10 Å². The molecule has 2 bridgehead atoms. The number of unbranched alkanes of at least 4 members (excludes halogenated alkanes) is 1. The molecule has 156 valence electrons. The Morgan fingerprint density at radius 3 is 2.69 bits per heavy atom. The first kappa shape index (κ1) is 21.2. The van der Waals surface area contributed by atoms with E-state index in [0.717, 1.165) is 25.7 Å². The third kappa shape index (κ3) is 5.54. The first-order valence-corrected chi connectivity index (χ1v) is 10.5. The van der Waals surface area contributed by atoms with E-state index in [-0.39, 0.29) is 30.5 Å². The van der Waals surface area contributed by atoms with E-state index in [1.165, 1.54) is 5.01 Å². The van der Waals surface area contributed by atoms with E-state index < -0.39 is 5.97 Å². The predicted octanol–water partition coefficient (Wildman–Crippen LogP) is 4.13. The number of ether oxygens (including phenoxy) is 1. The van der Waals surface area contributed by atoms with Crippen molar-refractivity contribution >= 4 is 18.1 Å². The molecule has 0 unspecified atom stereocenters. The lowest BCUT2D eigenvalue weighted by Crippen LogP contribution is -2.31. The van der Waals surface area contributed by atoms with Gasteiger partial charge in [0.05, 0.1) is 12.2 Å². The molecule has 2 fully saturated rings. The van der Waals surface area contributed by atoms with Crippen LogP contribution >= 0.6 is 0 Å². The Morgan fingerprint density at radius 1 is 1.21 bits per heavy atom. The molecule has 1 amide bonds. The van der Waals surface area contributed by atoms with Crippen molar-refractivity contribution in [2.24, 2.45) is 16.9 Å². The van der Waals surface area contributed by atoms with Crippen LogP contribution in [0, 0.1) is 11.8 Å². The van der Waals surface area contributed by atoms with E-state index in [2.05, 4.69) is 17.3 Å². The topological polar surface area (TPSA) is 79.2 Å². The highest BCUT2D eigenvalue weighted by atomic mass is 16.5. The van der Waals surface area contributed by atoms with Gasteiger partial charge in [0.25, 0.3) is 5.91 Å². The maximum Gasteiger partial charge on any atom is 0.303 e. The van der Waals surface area contributed by atoms with Crippen LogP contribution in [0.3, 0.4) is 0 Å². The number of allylic oxidation sites excluding steroid dienone is 2. The predicted molar refractivity (Wildman–Crippen MR) is 112 cm³/mol. The maximum atomic E-state index is 12.7. The van der Waals surface area contributed by atoms with Gasteiger partial charge in [-0.3, -0.25) is 9.59 Å². The van der Waals surface area contributed by atoms with Crippen molar-refractivity contribution in [3.8, 4) is 0 Å². The average molecular weight is 399 g/mol. The zero-order valence-corrected chi connectivity index (χ0v) is 16.9. The third-order valence-corrected chi connectivity index (χ3v) is 5.76. The highest BCUT2D eigenvalue weighted by Gasteiger charge is 2.47. The van der Waals surface area contributed by atoms with Crippen molar-refractivity contribution in [3.63, 3.8) is 0 Å². The summed E-state index contributed by atoms with van der Waals surface area (Å²) in [4.78, 5) is 23.2. The van der Waals surface area contributed by atoms with Crippen LogP contribution in [0.4, 0.5) is 0 Å². The van der Waals surface area contributed by atoms with E-state index >= 15 is 0 Å². The number of carboxylic acids is 1. The first-order valence-electron chi connectivity index (χ1n) is 10.5. The van der Waals surface area contributed by atoms with E-state index in [0.29, 0.717) is 24.4 Å². The summed E-state index contributed by atoms with van der Waals surface area (Å²) in [5, 5.41) is 14.8. The molecule has 0 aliphatic carbocycles. The molecule has 29 heavy (non-hydrogen) atoms. The molecule has 3 rings (SSSR count). The molecule has 0 aromatic heterocycles. The zero-order chi connectivity index (χ0) is 20.6. The van der Waals surface area contributed by atoms with Crippen LogP contribution in [-0.4, -0.2) is 47.0 Å². The summed E-state index contributed by atoms with van der Waals surface area (Å²) in [6.07, 6.45) is 11.2. The lowest BCUT2D eigenvalue weighted by molar-refractivity contribution is -0.137. The maximum absolute atomic E-state index is 12.7. The number of nitrogens with zero attached hydrogens (tertiary/aromatic N) is 2. The van der Waals surface area contributed by atoms with Gasteiger partial charge in [0.15, 0.2) is 0 Å². The molecule has 0 radical (unpaired) electrons. The fourth-order valence-electron chi connectivity index (χ4n) is 4.23. The number of fused-ring (bicyclic) bond motifs is 2. The van der Waals surface area contributed by atoms with Crippen LogP contribution in [0.2, 0.25) is 0 Å². The summed E-state index contributed by atoms with van der Waals surface area (Å²) in [5.41, 5.74) is 0.636. The lowest BCUT2D eigenvalue weighted by Gasteiger charge is -2.25. The molecule has 0 saturated carbocycles. The van der Waals surface area contributed by atoms with Gasteiger partial charge in [0.1, 0.15) is 0 Å². The van der Waals surface area contributed by atoms with Gasteiger partial charge in [0.2, 0.25) is 0 Å². The van der Waals surface area contributed by atoms with Gasteiger partial charge < -0.3 is 9.84 Å². The highest BCUT2D eigenvalue weighted by molar-refractivity contribution is 5.94. The second kappa shape index (κ2) is 10.3. The fourth-order valence-corrected chi connectivity index (χ4v) is 4.23. The summed E-state index contributed by atoms with van der Waals surface area (Å²) >= 11 is 0. The molecule has 2 saturated heterocycles. The Labute approximate surface area is 172 Å². The van der Waals surface area contributed by atoms with Crippen molar-refractivity contribution in [2.75, 3.05) is 6.54 Å². The van der Waals surface area contributed by atoms with Gasteiger partial charge in [-0.1, -0.05) is 30.4 Å². The zero-order valence-electron chi connectivity index (χ0n) is 16.9. The molecule has 2 heterocycles. The Hall–Kier alpha value is -2.47. The minimum atomic E-state index is -0.748. The molecular formula is C23H30N2O4. The Bertz CT molecular complexity index is 747. The molecule has 2 aliphatic rings. The SMILES string of the molecule is CCN(N=C[C@H]1[C@@H](CC=CCCCC(=O)O)[C@H]2CC[C@@H]1O2)C(=O)c1ccccc1. The fraction of sp³-hybridized carbons (Fsp3) is 0.522. The molecule has 1 N–H and O–H groups in total. The van der Waals surface area contributed by atoms with Gasteiger partial charge in [-0.15, -0.1) is 0 Å². The number of carboxylic acid groups (broad SMARTS) is 1. The number of aliphatic carboxylic acids is 1. The van der Waals surface area contributed by atoms with E-state index in [1.807, 2.05) is 31.3 Å². The molecule has 1 aromatic rings. The van der Waals surface area contributed by atoms with Crippen molar-refractivity contribution < 1.29 is 19.4 Å². The Morgan fingerprint density at radius 2 is 1.97 bits per heavy atom. The number of rotatable bonds is 10. The van der Waals surface area contributed by atoms with Gasteiger partial charge in [-0.25, -0.2) is 5.01 Å². The quantitative estimate of drug-likeness (QED) is 0.278. The van der Waals surface area contributed by atoms with Gasteiger partial charge in [0, 0.05) is 30.7 Å². The lowest BCUT2D eigenvalue weighted by atomic mass is 9.78. The summed E-state index contributed by atoms with van der Waals surface area (Å²) in [6, 6.07) is 9.21. The largest absolute Gasteiger partial charge is 0.481 e. The van der Waals surface area contributed by atoms with Gasteiger partial charge >= 0.3 is 5.97 Å². The standard InChI is InChI=1S/C23H30N2O4/c1-2-25(23(28)17-10-6-5-7-11-17)24-16-19-18(20-14-15-21(19)29-20)12-8-3-4-9-13-22(26)27/h3,5-8,10-11,16,18-21H,2,4,9,12-15H2,1H3,(H,26,27)/t18-,19+,20-,21+/m1/s1. The number of benzene rings is 1. The van der Waals surface area contributed by atoms with E-state index in [1.54, 1.807) is 12.1 Å². The molecule has 6 nitrogen and oxygen atoms in total. The second-order valence-electron chi connectivity index (χ2n) is 7.68. The van der Waals surface area contributed by atoms with E-state index in [9.17, 15) is 9.59 Å². The van der Waals surface area contributed by atoms with Crippen molar-refractivity contribution in [1.82, 2.24) is 5.01 Å². The van der Waals surface area contributed by atoms with Crippen LogP contribution in [0.5, 0.6) is 0 Å². The number of hydrazone groups is 1. The smallest absolute Gasteiger partial charge is 0.303 e. The first-order chi connectivity index (χ1) is 14.1. The molecule has 0 spiro atoms. The number of hydrogen-bond donors (Lipinski definition) is 1. The minimum absolute atomic E-state index is 0.0942. The van der Waals surface area contributed by atoms with Gasteiger partial charge in [-0.05, 0) is 57.1 Å². The minimum Gasteiger partial charge on any atom is -0.481 e.